The molecule has 3 nitrogen and oxygen atoms in total. The summed E-state index contributed by atoms with van der Waals surface area (Å²) >= 11 is 0. The Bertz CT molecular complexity index is 315. The third kappa shape index (κ3) is 3.59. The summed E-state index contributed by atoms with van der Waals surface area (Å²) in [7, 11) is 0. The fourth-order valence-electron chi connectivity index (χ4n) is 1.96. The highest BCUT2D eigenvalue weighted by atomic mass is 16.5. The third-order valence-electron chi connectivity index (χ3n) is 2.86. The molecule has 1 atom stereocenters. The highest BCUT2D eigenvalue weighted by molar-refractivity contribution is 5.84. The van der Waals surface area contributed by atoms with Crippen LogP contribution < -0.4 is 0 Å². The van der Waals surface area contributed by atoms with E-state index in [-0.39, 0.29) is 0 Å². The van der Waals surface area contributed by atoms with Crippen LogP contribution in [0.5, 0.6) is 0 Å². The number of nitrogens with zero attached hydrogens (tertiary/aromatic N) is 1. The van der Waals surface area contributed by atoms with Crippen LogP contribution in [0.4, 0.5) is 0 Å². The van der Waals surface area contributed by atoms with E-state index in [0.29, 0.717) is 13.0 Å². The molecule has 0 saturated heterocycles. The van der Waals surface area contributed by atoms with Crippen LogP contribution in [0.2, 0.25) is 0 Å². The molecule has 0 aromatic rings. The third-order valence-corrected chi connectivity index (χ3v) is 2.86. The molecular weight excluding hydrogens is 214 g/mol. The number of esters is 1. The quantitative estimate of drug-likeness (QED) is 0.502. The summed E-state index contributed by atoms with van der Waals surface area (Å²) in [5, 5.41) is 9.41. The van der Waals surface area contributed by atoms with Crippen molar-refractivity contribution in [2.45, 2.75) is 53.4 Å². The molecule has 0 aliphatic heterocycles. The second kappa shape index (κ2) is 7.89. The Morgan fingerprint density at radius 3 is 2.35 bits per heavy atom. The van der Waals surface area contributed by atoms with Gasteiger partial charge in [0.05, 0.1) is 12.7 Å². The highest BCUT2D eigenvalue weighted by Crippen LogP contribution is 2.35. The van der Waals surface area contributed by atoms with E-state index in [1.165, 1.54) is 0 Å². The average molecular weight is 237 g/mol. The molecule has 96 valence electrons. The lowest BCUT2D eigenvalue weighted by molar-refractivity contribution is -0.150. The minimum atomic E-state index is -1.08. The van der Waals surface area contributed by atoms with Crippen molar-refractivity contribution < 1.29 is 9.53 Å². The van der Waals surface area contributed by atoms with Gasteiger partial charge in [0.25, 0.3) is 0 Å². The molecule has 0 unspecified atom stereocenters. The van der Waals surface area contributed by atoms with E-state index >= 15 is 0 Å². The van der Waals surface area contributed by atoms with E-state index in [1.807, 2.05) is 26.8 Å². The van der Waals surface area contributed by atoms with E-state index in [0.717, 1.165) is 24.8 Å². The maximum atomic E-state index is 12.0. The van der Waals surface area contributed by atoms with E-state index in [4.69, 9.17) is 4.74 Å². The molecule has 0 aromatic heterocycles. The second-order valence-electron chi connectivity index (χ2n) is 3.98. The first-order chi connectivity index (χ1) is 8.12. The molecule has 0 aromatic carbocycles. The molecule has 0 radical (unpaired) electrons. The second-order valence-corrected chi connectivity index (χ2v) is 3.98. The summed E-state index contributed by atoms with van der Waals surface area (Å²) in [5.41, 5.74) is -0.173. The van der Waals surface area contributed by atoms with Crippen molar-refractivity contribution in [1.82, 2.24) is 0 Å². The van der Waals surface area contributed by atoms with Crippen LogP contribution in [0.1, 0.15) is 53.4 Å². The van der Waals surface area contributed by atoms with Crippen LogP contribution in [0.15, 0.2) is 11.6 Å². The Morgan fingerprint density at radius 1 is 1.35 bits per heavy atom. The Morgan fingerprint density at radius 2 is 2.00 bits per heavy atom. The van der Waals surface area contributed by atoms with Crippen LogP contribution in [0.25, 0.3) is 0 Å². The van der Waals surface area contributed by atoms with E-state index in [9.17, 15) is 10.1 Å². The first-order valence-electron chi connectivity index (χ1n) is 6.40. The van der Waals surface area contributed by atoms with Crippen molar-refractivity contribution in [3.8, 4) is 6.07 Å². The number of nitriles is 1. The Hall–Kier alpha value is -1.30. The number of allylic oxidation sites excluding steroid dienone is 1. The smallest absolute Gasteiger partial charge is 0.330 e. The summed E-state index contributed by atoms with van der Waals surface area (Å²) in [6.07, 6.45) is 4.99. The summed E-state index contributed by atoms with van der Waals surface area (Å²) in [6, 6.07) is 2.18. The molecule has 0 spiro atoms. The summed E-state index contributed by atoms with van der Waals surface area (Å²) in [4.78, 5) is 12.0. The normalized spacial score (nSPS) is 14.9. The fraction of sp³-hybridized carbons (Fsp3) is 0.714. The SMILES string of the molecule is CC/C=C(\CCC)[C@@](C#N)(CC)C(=O)OCC. The van der Waals surface area contributed by atoms with Crippen molar-refractivity contribution in [2.24, 2.45) is 5.41 Å². The molecule has 0 bridgehead atoms. The van der Waals surface area contributed by atoms with Gasteiger partial charge in [0.2, 0.25) is 0 Å². The number of hydrogen-bond acceptors (Lipinski definition) is 3. The first kappa shape index (κ1) is 15.7. The first-order valence-corrected chi connectivity index (χ1v) is 6.40. The van der Waals surface area contributed by atoms with Gasteiger partial charge in [0, 0.05) is 0 Å². The molecule has 0 fully saturated rings. The minimum absolute atomic E-state index is 0.313. The summed E-state index contributed by atoms with van der Waals surface area (Å²) in [6.45, 7) is 8.00. The van der Waals surface area contributed by atoms with Gasteiger partial charge in [-0.15, -0.1) is 0 Å². The number of rotatable bonds is 7. The Labute approximate surface area is 104 Å². The molecule has 3 heteroatoms. The Balaban J connectivity index is 5.36. The maximum absolute atomic E-state index is 12.0. The predicted octanol–water partition coefficient (Wildman–Crippen LogP) is 3.61. The molecule has 0 saturated carbocycles. The van der Waals surface area contributed by atoms with Crippen LogP contribution in [0, 0.1) is 16.7 Å². The molecular formula is C14H23NO2. The molecule has 0 aliphatic rings. The zero-order chi connectivity index (χ0) is 13.3. The van der Waals surface area contributed by atoms with Gasteiger partial charge in [-0.05, 0) is 31.8 Å². The summed E-state index contributed by atoms with van der Waals surface area (Å²) < 4.78 is 5.06. The maximum Gasteiger partial charge on any atom is 0.330 e. The molecule has 0 rings (SSSR count). The van der Waals surface area contributed by atoms with Gasteiger partial charge in [0.1, 0.15) is 0 Å². The zero-order valence-electron chi connectivity index (χ0n) is 11.4. The number of hydrogen-bond donors (Lipinski definition) is 0. The van der Waals surface area contributed by atoms with Crippen molar-refractivity contribution in [3.63, 3.8) is 0 Å². The lowest BCUT2D eigenvalue weighted by Crippen LogP contribution is -2.33. The fourth-order valence-corrected chi connectivity index (χ4v) is 1.96. The van der Waals surface area contributed by atoms with Gasteiger partial charge in [-0.25, -0.2) is 4.79 Å². The van der Waals surface area contributed by atoms with Crippen LogP contribution >= 0.6 is 0 Å². The lowest BCUT2D eigenvalue weighted by atomic mass is 9.76. The van der Waals surface area contributed by atoms with Gasteiger partial charge < -0.3 is 4.74 Å². The molecule has 0 N–H and O–H groups in total. The van der Waals surface area contributed by atoms with Crippen molar-refractivity contribution in [3.05, 3.63) is 11.6 Å². The monoisotopic (exact) mass is 237 g/mol. The van der Waals surface area contributed by atoms with E-state index < -0.39 is 11.4 Å². The van der Waals surface area contributed by atoms with Gasteiger partial charge in [-0.3, -0.25) is 0 Å². The van der Waals surface area contributed by atoms with E-state index in [2.05, 4.69) is 6.07 Å². The number of ether oxygens (including phenoxy) is 1. The summed E-state index contributed by atoms with van der Waals surface area (Å²) in [5.74, 6) is -0.404. The van der Waals surface area contributed by atoms with Gasteiger partial charge in [-0.2, -0.15) is 5.26 Å². The standard InChI is InChI=1S/C14H23NO2/c1-5-9-12(10-6-2)14(7-3,11-15)13(16)17-8-4/h9H,5-8,10H2,1-4H3/b12-9+/t14-/m0/s1. The van der Waals surface area contributed by atoms with Gasteiger partial charge >= 0.3 is 5.97 Å². The van der Waals surface area contributed by atoms with Crippen molar-refractivity contribution in [1.29, 1.82) is 5.26 Å². The predicted molar refractivity (Wildman–Crippen MR) is 68.3 cm³/mol. The van der Waals surface area contributed by atoms with Crippen LogP contribution in [0.3, 0.4) is 0 Å². The molecule has 0 amide bonds. The van der Waals surface area contributed by atoms with Crippen molar-refractivity contribution >= 4 is 5.97 Å². The lowest BCUT2D eigenvalue weighted by Gasteiger charge is -2.26. The van der Waals surface area contributed by atoms with Gasteiger partial charge in [0.15, 0.2) is 5.41 Å². The van der Waals surface area contributed by atoms with Gasteiger partial charge in [-0.1, -0.05) is 33.3 Å². The Kier molecular flexibility index (Phi) is 7.29. The van der Waals surface area contributed by atoms with Crippen LogP contribution in [-0.4, -0.2) is 12.6 Å². The highest BCUT2D eigenvalue weighted by Gasteiger charge is 2.41. The molecule has 17 heavy (non-hydrogen) atoms. The largest absolute Gasteiger partial charge is 0.465 e. The van der Waals surface area contributed by atoms with E-state index in [1.54, 1.807) is 6.92 Å². The minimum Gasteiger partial charge on any atom is -0.465 e. The number of carbonyl (C=O) groups is 1. The molecule has 0 heterocycles. The molecule has 0 aliphatic carbocycles. The van der Waals surface area contributed by atoms with Crippen LogP contribution in [-0.2, 0) is 9.53 Å². The average Bonchev–Trinajstić information content (AvgIpc) is 2.32. The zero-order valence-corrected chi connectivity index (χ0v) is 11.4. The van der Waals surface area contributed by atoms with Crippen molar-refractivity contribution in [2.75, 3.05) is 6.61 Å². The topological polar surface area (TPSA) is 50.1 Å². The number of carbonyl (C=O) groups excluding carboxylic acids is 1.